The molecular formula is C10H11N3O2S2. The van der Waals surface area contributed by atoms with Gasteiger partial charge in [0.15, 0.2) is 10.8 Å². The Morgan fingerprint density at radius 1 is 1.47 bits per heavy atom. The Kier molecular flexibility index (Phi) is 3.12. The van der Waals surface area contributed by atoms with Crippen LogP contribution >= 0.6 is 22.7 Å². The third kappa shape index (κ3) is 2.62. The van der Waals surface area contributed by atoms with Crippen molar-refractivity contribution in [1.29, 1.82) is 0 Å². The molecule has 2 aromatic rings. The maximum atomic E-state index is 10.7. The number of aromatic carboxylic acids is 1. The van der Waals surface area contributed by atoms with Crippen molar-refractivity contribution in [3.63, 3.8) is 0 Å². The number of nitrogens with zero attached hydrogens (tertiary/aromatic N) is 2. The predicted octanol–water partition coefficient (Wildman–Crippen LogP) is 2.65. The SMILES string of the molecule is CC(C)(Nc1nc(C(=O)O)cs1)c1nccs1. The van der Waals surface area contributed by atoms with Crippen molar-refractivity contribution in [2.24, 2.45) is 0 Å². The highest BCUT2D eigenvalue weighted by Crippen LogP contribution is 2.28. The topological polar surface area (TPSA) is 75.1 Å². The van der Waals surface area contributed by atoms with E-state index in [4.69, 9.17) is 5.11 Å². The van der Waals surface area contributed by atoms with Crippen LogP contribution in [0.25, 0.3) is 0 Å². The van der Waals surface area contributed by atoms with E-state index in [2.05, 4.69) is 15.3 Å². The van der Waals surface area contributed by atoms with Crippen LogP contribution in [0.5, 0.6) is 0 Å². The molecule has 90 valence electrons. The Morgan fingerprint density at radius 2 is 2.24 bits per heavy atom. The van der Waals surface area contributed by atoms with Gasteiger partial charge in [0.25, 0.3) is 0 Å². The minimum atomic E-state index is -1.01. The number of aromatic nitrogens is 2. The molecule has 0 saturated heterocycles. The van der Waals surface area contributed by atoms with Gasteiger partial charge in [-0.15, -0.1) is 22.7 Å². The number of carboxylic acid groups (broad SMARTS) is 1. The number of hydrogen-bond acceptors (Lipinski definition) is 6. The van der Waals surface area contributed by atoms with E-state index >= 15 is 0 Å². The van der Waals surface area contributed by atoms with E-state index in [0.29, 0.717) is 5.13 Å². The lowest BCUT2D eigenvalue weighted by Crippen LogP contribution is -2.27. The van der Waals surface area contributed by atoms with E-state index in [-0.39, 0.29) is 11.2 Å². The average molecular weight is 269 g/mol. The van der Waals surface area contributed by atoms with Gasteiger partial charge in [0, 0.05) is 17.0 Å². The number of thiazole rings is 2. The number of hydrogen-bond donors (Lipinski definition) is 2. The van der Waals surface area contributed by atoms with Crippen LogP contribution in [0.1, 0.15) is 29.3 Å². The molecule has 0 spiro atoms. The van der Waals surface area contributed by atoms with Gasteiger partial charge in [-0.2, -0.15) is 0 Å². The number of anilines is 1. The smallest absolute Gasteiger partial charge is 0.355 e. The number of nitrogens with one attached hydrogen (secondary N) is 1. The van der Waals surface area contributed by atoms with Gasteiger partial charge in [-0.25, -0.2) is 14.8 Å². The molecule has 0 saturated carbocycles. The number of carbonyl (C=O) groups is 1. The fraction of sp³-hybridized carbons (Fsp3) is 0.300. The van der Waals surface area contributed by atoms with Crippen molar-refractivity contribution in [1.82, 2.24) is 9.97 Å². The van der Waals surface area contributed by atoms with Gasteiger partial charge in [0.2, 0.25) is 0 Å². The molecule has 7 heteroatoms. The zero-order chi connectivity index (χ0) is 12.5. The zero-order valence-corrected chi connectivity index (χ0v) is 10.9. The Morgan fingerprint density at radius 3 is 2.76 bits per heavy atom. The van der Waals surface area contributed by atoms with Crippen LogP contribution < -0.4 is 5.32 Å². The van der Waals surface area contributed by atoms with Gasteiger partial charge in [-0.3, -0.25) is 0 Å². The second-order valence-electron chi connectivity index (χ2n) is 3.93. The summed E-state index contributed by atoms with van der Waals surface area (Å²) < 4.78 is 0. The predicted molar refractivity (Wildman–Crippen MR) is 67.8 cm³/mol. The van der Waals surface area contributed by atoms with E-state index in [1.54, 1.807) is 17.5 Å². The third-order valence-electron chi connectivity index (χ3n) is 2.11. The molecule has 0 unspecified atom stereocenters. The molecule has 0 aromatic carbocycles. The summed E-state index contributed by atoms with van der Waals surface area (Å²) in [5, 5.41) is 16.9. The molecule has 17 heavy (non-hydrogen) atoms. The summed E-state index contributed by atoms with van der Waals surface area (Å²) >= 11 is 2.82. The summed E-state index contributed by atoms with van der Waals surface area (Å²) in [6.07, 6.45) is 1.74. The highest BCUT2D eigenvalue weighted by atomic mass is 32.1. The Labute approximate surface area is 106 Å². The molecule has 2 rings (SSSR count). The molecule has 5 nitrogen and oxygen atoms in total. The Bertz CT molecular complexity index is 519. The lowest BCUT2D eigenvalue weighted by Gasteiger charge is -2.23. The molecule has 0 atom stereocenters. The number of carboxylic acids is 1. The van der Waals surface area contributed by atoms with Crippen LogP contribution in [0, 0.1) is 0 Å². The minimum Gasteiger partial charge on any atom is -0.476 e. The van der Waals surface area contributed by atoms with Gasteiger partial charge < -0.3 is 10.4 Å². The quantitative estimate of drug-likeness (QED) is 0.892. The average Bonchev–Trinajstić information content (AvgIpc) is 2.85. The summed E-state index contributed by atoms with van der Waals surface area (Å²) in [5.74, 6) is -1.01. The van der Waals surface area contributed by atoms with Gasteiger partial charge in [0.05, 0.1) is 5.54 Å². The first-order chi connectivity index (χ1) is 7.99. The Balaban J connectivity index is 2.17. The van der Waals surface area contributed by atoms with Gasteiger partial charge in [-0.05, 0) is 13.8 Å². The third-order valence-corrected chi connectivity index (χ3v) is 3.96. The van der Waals surface area contributed by atoms with Crippen LogP contribution in [0.4, 0.5) is 5.13 Å². The first-order valence-electron chi connectivity index (χ1n) is 4.86. The fourth-order valence-corrected chi connectivity index (χ4v) is 2.84. The van der Waals surface area contributed by atoms with E-state index in [1.807, 2.05) is 19.2 Å². The fourth-order valence-electron chi connectivity index (χ4n) is 1.28. The van der Waals surface area contributed by atoms with Crippen molar-refractivity contribution in [3.8, 4) is 0 Å². The minimum absolute atomic E-state index is 0.0624. The molecule has 2 N–H and O–H groups in total. The van der Waals surface area contributed by atoms with E-state index < -0.39 is 5.97 Å². The number of rotatable bonds is 4. The second kappa shape index (κ2) is 4.42. The normalized spacial score (nSPS) is 11.4. The monoisotopic (exact) mass is 269 g/mol. The lowest BCUT2D eigenvalue weighted by atomic mass is 10.1. The molecule has 0 fully saturated rings. The first-order valence-corrected chi connectivity index (χ1v) is 6.62. The van der Waals surface area contributed by atoms with Crippen LogP contribution in [-0.2, 0) is 5.54 Å². The molecule has 0 aliphatic heterocycles. The molecule has 0 radical (unpaired) electrons. The van der Waals surface area contributed by atoms with E-state index in [1.165, 1.54) is 16.7 Å². The first kappa shape index (κ1) is 12.0. The Hall–Kier alpha value is -1.47. The van der Waals surface area contributed by atoms with Crippen LogP contribution in [0.3, 0.4) is 0 Å². The van der Waals surface area contributed by atoms with Crippen LogP contribution in [-0.4, -0.2) is 21.0 Å². The highest BCUT2D eigenvalue weighted by Gasteiger charge is 2.24. The van der Waals surface area contributed by atoms with Gasteiger partial charge in [0.1, 0.15) is 5.01 Å². The molecule has 0 aliphatic carbocycles. The molecule has 0 aliphatic rings. The summed E-state index contributed by atoms with van der Waals surface area (Å²) in [4.78, 5) is 18.9. The van der Waals surface area contributed by atoms with Crippen molar-refractivity contribution < 1.29 is 9.90 Å². The van der Waals surface area contributed by atoms with Gasteiger partial charge >= 0.3 is 5.97 Å². The molecular weight excluding hydrogens is 258 g/mol. The summed E-state index contributed by atoms with van der Waals surface area (Å²) in [6.45, 7) is 3.96. The molecule has 0 bridgehead atoms. The van der Waals surface area contributed by atoms with Crippen molar-refractivity contribution in [2.45, 2.75) is 19.4 Å². The van der Waals surface area contributed by atoms with Crippen LogP contribution in [0.2, 0.25) is 0 Å². The molecule has 2 heterocycles. The van der Waals surface area contributed by atoms with Gasteiger partial charge in [-0.1, -0.05) is 0 Å². The van der Waals surface area contributed by atoms with Crippen molar-refractivity contribution >= 4 is 33.8 Å². The maximum Gasteiger partial charge on any atom is 0.355 e. The van der Waals surface area contributed by atoms with Crippen molar-refractivity contribution in [3.05, 3.63) is 27.7 Å². The molecule has 0 amide bonds. The van der Waals surface area contributed by atoms with E-state index in [0.717, 1.165) is 5.01 Å². The largest absolute Gasteiger partial charge is 0.476 e. The van der Waals surface area contributed by atoms with E-state index in [9.17, 15) is 4.79 Å². The summed E-state index contributed by atoms with van der Waals surface area (Å²) in [5.41, 5.74) is -0.297. The summed E-state index contributed by atoms with van der Waals surface area (Å²) in [6, 6.07) is 0. The highest BCUT2D eigenvalue weighted by molar-refractivity contribution is 7.14. The zero-order valence-electron chi connectivity index (χ0n) is 9.30. The second-order valence-corrected chi connectivity index (χ2v) is 5.68. The van der Waals surface area contributed by atoms with Crippen LogP contribution in [0.15, 0.2) is 17.0 Å². The maximum absolute atomic E-state index is 10.7. The standard InChI is InChI=1S/C10H11N3O2S2/c1-10(2,8-11-3-4-16-8)13-9-12-6(5-17-9)7(14)15/h3-5H,1-2H3,(H,12,13)(H,14,15). The lowest BCUT2D eigenvalue weighted by molar-refractivity contribution is 0.0691. The molecule has 2 aromatic heterocycles. The van der Waals surface area contributed by atoms with Crippen molar-refractivity contribution in [2.75, 3.05) is 5.32 Å². The summed E-state index contributed by atoms with van der Waals surface area (Å²) in [7, 11) is 0.